The number of halogens is 4. The van der Waals surface area contributed by atoms with Crippen LogP contribution in [0.4, 0.5) is 15.8 Å². The fraction of sp³-hybridized carbons (Fsp3) is 0.192. The van der Waals surface area contributed by atoms with Crippen molar-refractivity contribution in [2.45, 2.75) is 23.3 Å². The standard InChI is InChI=1S/C26H19Cl3FN3O12S/c1-42-31-12-21(30)24(44-26(35)15-4-8-17(9-5-15)33(38)39)22(13-43-25(34)14-2-6-16(7-3-14)32(36)37)45-46(40,41)23-11-19(28)18(27)10-20(23)29/h2-12,21-22,24H,13H2,1H3/t21-,22-,24+/m1/s1. The molecule has 0 N–H and O–H groups in total. The Kier molecular flexibility index (Phi) is 12.3. The third kappa shape index (κ3) is 9.30. The van der Waals surface area contributed by atoms with Gasteiger partial charge in [-0.3, -0.25) is 24.4 Å². The minimum atomic E-state index is -5.02. The summed E-state index contributed by atoms with van der Waals surface area (Å²) in [6.07, 6.45) is -6.41. The molecule has 0 aliphatic heterocycles. The Morgan fingerprint density at radius 2 is 1.39 bits per heavy atom. The molecule has 46 heavy (non-hydrogen) atoms. The van der Waals surface area contributed by atoms with Crippen LogP contribution in [0.1, 0.15) is 20.7 Å². The number of hydrogen-bond acceptors (Lipinski definition) is 13. The van der Waals surface area contributed by atoms with Crippen molar-refractivity contribution >= 4 is 74.4 Å². The Morgan fingerprint density at radius 1 is 0.891 bits per heavy atom. The molecule has 0 bridgehead atoms. The van der Waals surface area contributed by atoms with E-state index < -0.39 is 66.8 Å². The number of oxime groups is 1. The van der Waals surface area contributed by atoms with Crippen LogP contribution in [0.25, 0.3) is 0 Å². The van der Waals surface area contributed by atoms with Gasteiger partial charge in [0.15, 0.2) is 18.4 Å². The molecule has 0 spiro atoms. The van der Waals surface area contributed by atoms with Crippen molar-refractivity contribution in [3.8, 4) is 0 Å². The minimum Gasteiger partial charge on any atom is -0.459 e. The molecule has 15 nitrogen and oxygen atoms in total. The van der Waals surface area contributed by atoms with Gasteiger partial charge in [0.2, 0.25) is 0 Å². The number of nitrogens with zero attached hydrogens (tertiary/aromatic N) is 3. The number of nitro benzene ring substituents is 2. The summed E-state index contributed by atoms with van der Waals surface area (Å²) in [6.45, 7) is -1.10. The van der Waals surface area contributed by atoms with Crippen molar-refractivity contribution in [1.82, 2.24) is 0 Å². The predicted molar refractivity (Wildman–Crippen MR) is 160 cm³/mol. The zero-order valence-electron chi connectivity index (χ0n) is 23.0. The molecule has 0 amide bonds. The monoisotopic (exact) mass is 721 g/mol. The second-order valence-corrected chi connectivity index (χ2v) is 11.5. The average Bonchev–Trinajstić information content (AvgIpc) is 3.02. The van der Waals surface area contributed by atoms with E-state index in [2.05, 4.69) is 9.99 Å². The first-order chi connectivity index (χ1) is 21.6. The molecule has 3 aromatic carbocycles. The van der Waals surface area contributed by atoms with Gasteiger partial charge < -0.3 is 14.3 Å². The van der Waals surface area contributed by atoms with E-state index in [1.807, 2.05) is 0 Å². The summed E-state index contributed by atoms with van der Waals surface area (Å²) in [5.74, 6) is -2.46. The van der Waals surface area contributed by atoms with Crippen LogP contribution < -0.4 is 0 Å². The average molecular weight is 723 g/mol. The zero-order valence-corrected chi connectivity index (χ0v) is 26.0. The lowest BCUT2D eigenvalue weighted by molar-refractivity contribution is -0.385. The normalized spacial score (nSPS) is 13.4. The smallest absolute Gasteiger partial charge is 0.338 e. The Bertz CT molecular complexity index is 1760. The van der Waals surface area contributed by atoms with Crippen LogP contribution in [0, 0.1) is 20.2 Å². The van der Waals surface area contributed by atoms with Gasteiger partial charge in [-0.1, -0.05) is 40.0 Å². The molecule has 0 aliphatic carbocycles. The van der Waals surface area contributed by atoms with Crippen LogP contribution in [0.3, 0.4) is 0 Å². The molecule has 0 saturated heterocycles. The summed E-state index contributed by atoms with van der Waals surface area (Å²) in [6, 6.07) is 9.79. The lowest BCUT2D eigenvalue weighted by Gasteiger charge is -2.27. The topological polar surface area (TPSA) is 204 Å². The molecule has 3 atom stereocenters. The van der Waals surface area contributed by atoms with E-state index in [0.717, 1.165) is 67.8 Å². The Hall–Kier alpha value is -4.42. The number of alkyl halides is 1. The van der Waals surface area contributed by atoms with Crippen LogP contribution in [0.5, 0.6) is 0 Å². The fourth-order valence-corrected chi connectivity index (χ4v) is 5.56. The molecule has 0 heterocycles. The molecule has 0 radical (unpaired) electrons. The number of esters is 2. The van der Waals surface area contributed by atoms with E-state index in [9.17, 15) is 38.2 Å². The number of non-ortho nitro benzene ring substituents is 2. The SMILES string of the molecule is CON=C[C@@H](F)[C@H](OC(=O)c1ccc([N+](=O)[O-])cc1)[C@@H](COC(=O)c1ccc([N+](=O)[O-])cc1)OS(=O)(=O)c1cc(Cl)c(Cl)cc1Cl. The Morgan fingerprint density at radius 3 is 1.89 bits per heavy atom. The zero-order chi connectivity index (χ0) is 34.2. The minimum absolute atomic E-state index is 0.117. The summed E-state index contributed by atoms with van der Waals surface area (Å²) in [5, 5.41) is 24.3. The maximum Gasteiger partial charge on any atom is 0.338 e. The molecule has 3 aromatic rings. The van der Waals surface area contributed by atoms with Gasteiger partial charge in [-0.05, 0) is 36.4 Å². The molecule has 244 valence electrons. The van der Waals surface area contributed by atoms with Gasteiger partial charge in [0, 0.05) is 24.3 Å². The Labute approximate surface area is 273 Å². The highest BCUT2D eigenvalue weighted by molar-refractivity contribution is 7.87. The van der Waals surface area contributed by atoms with Gasteiger partial charge in [0.1, 0.15) is 18.6 Å². The van der Waals surface area contributed by atoms with Crippen molar-refractivity contribution in [2.24, 2.45) is 5.16 Å². The maximum absolute atomic E-state index is 15.6. The molecule has 0 aliphatic rings. The first-order valence-electron chi connectivity index (χ1n) is 12.3. The van der Waals surface area contributed by atoms with E-state index >= 15 is 4.39 Å². The van der Waals surface area contributed by atoms with Crippen LogP contribution in [-0.2, 0) is 28.6 Å². The number of nitro groups is 2. The highest BCUT2D eigenvalue weighted by Gasteiger charge is 2.39. The number of carbonyl (C=O) groups excluding carboxylic acids is 2. The summed E-state index contributed by atoms with van der Waals surface area (Å²) in [7, 11) is -3.97. The first kappa shape index (κ1) is 36.1. The Balaban J connectivity index is 2.02. The van der Waals surface area contributed by atoms with E-state index in [1.54, 1.807) is 0 Å². The van der Waals surface area contributed by atoms with Crippen LogP contribution >= 0.6 is 34.8 Å². The molecule has 0 fully saturated rings. The van der Waals surface area contributed by atoms with E-state index in [1.165, 1.54) is 0 Å². The second kappa shape index (κ2) is 15.7. The van der Waals surface area contributed by atoms with Crippen LogP contribution in [-0.4, -0.2) is 68.5 Å². The van der Waals surface area contributed by atoms with E-state index in [4.69, 9.17) is 48.5 Å². The van der Waals surface area contributed by atoms with Crippen molar-refractivity contribution in [1.29, 1.82) is 0 Å². The number of hydrogen-bond donors (Lipinski definition) is 0. The lowest BCUT2D eigenvalue weighted by Crippen LogP contribution is -2.45. The third-order valence-electron chi connectivity index (χ3n) is 5.73. The van der Waals surface area contributed by atoms with Gasteiger partial charge in [0.25, 0.3) is 21.5 Å². The number of rotatable bonds is 14. The quantitative estimate of drug-likeness (QED) is 0.0499. The number of ether oxygens (including phenoxy) is 2. The highest BCUT2D eigenvalue weighted by atomic mass is 35.5. The molecule has 0 unspecified atom stereocenters. The van der Waals surface area contributed by atoms with Crippen LogP contribution in [0.15, 0.2) is 70.7 Å². The van der Waals surface area contributed by atoms with Gasteiger partial charge >= 0.3 is 11.9 Å². The molecular weight excluding hydrogens is 704 g/mol. The van der Waals surface area contributed by atoms with Gasteiger partial charge in [-0.2, -0.15) is 8.42 Å². The van der Waals surface area contributed by atoms with Crippen LogP contribution in [0.2, 0.25) is 15.1 Å². The summed E-state index contributed by atoms with van der Waals surface area (Å²) < 4.78 is 57.8. The van der Waals surface area contributed by atoms with Crippen molar-refractivity contribution in [3.05, 3.63) is 107 Å². The highest BCUT2D eigenvalue weighted by Crippen LogP contribution is 2.33. The predicted octanol–water partition coefficient (Wildman–Crippen LogP) is 5.59. The number of carbonyl (C=O) groups is 2. The molecular formula is C26H19Cl3FN3O12S. The van der Waals surface area contributed by atoms with E-state index in [-0.39, 0.29) is 32.5 Å². The summed E-state index contributed by atoms with van der Waals surface area (Å²) >= 11 is 17.9. The van der Waals surface area contributed by atoms with Crippen molar-refractivity contribution in [2.75, 3.05) is 13.7 Å². The molecule has 20 heteroatoms. The molecule has 0 saturated carbocycles. The van der Waals surface area contributed by atoms with Gasteiger partial charge in [0.05, 0.1) is 42.3 Å². The van der Waals surface area contributed by atoms with Gasteiger partial charge in [-0.25, -0.2) is 14.0 Å². The van der Waals surface area contributed by atoms with Crippen molar-refractivity contribution in [3.63, 3.8) is 0 Å². The summed E-state index contributed by atoms with van der Waals surface area (Å²) in [5.41, 5.74) is -1.27. The van der Waals surface area contributed by atoms with Gasteiger partial charge in [-0.15, -0.1) is 0 Å². The lowest BCUT2D eigenvalue weighted by atomic mass is 10.1. The largest absolute Gasteiger partial charge is 0.459 e. The van der Waals surface area contributed by atoms with E-state index in [0.29, 0.717) is 6.21 Å². The third-order valence-corrected chi connectivity index (χ3v) is 8.26. The molecule has 0 aromatic heterocycles. The fourth-order valence-electron chi connectivity index (χ4n) is 3.51. The van der Waals surface area contributed by atoms with Crippen molar-refractivity contribution < 1.29 is 50.7 Å². The molecule has 3 rings (SSSR count). The summed E-state index contributed by atoms with van der Waals surface area (Å²) in [4.78, 5) is 49.9. The maximum atomic E-state index is 15.6. The second-order valence-electron chi connectivity index (χ2n) is 8.74. The first-order valence-corrected chi connectivity index (χ1v) is 14.8. The number of benzene rings is 3.